The Balaban J connectivity index is 2.34. The van der Waals surface area contributed by atoms with Gasteiger partial charge in [0.2, 0.25) is 5.89 Å². The largest absolute Gasteiger partial charge is 0.441 e. The van der Waals surface area contributed by atoms with Crippen LogP contribution in [0.4, 0.5) is 0 Å². The molecule has 0 atom stereocenters. The summed E-state index contributed by atoms with van der Waals surface area (Å²) < 4.78 is 5.60. The van der Waals surface area contributed by atoms with Crippen molar-refractivity contribution in [3.05, 3.63) is 23.4 Å². The lowest BCUT2D eigenvalue weighted by atomic mass is 9.78. The molecule has 0 N–H and O–H groups in total. The Morgan fingerprint density at radius 3 is 2.88 bits per heavy atom. The quantitative estimate of drug-likeness (QED) is 0.766. The molecule has 1 aliphatic rings. The highest BCUT2D eigenvalue weighted by Gasteiger charge is 2.34. The smallest absolute Gasteiger partial charge is 0.219 e. The van der Waals surface area contributed by atoms with Gasteiger partial charge in [-0.2, -0.15) is 0 Å². The summed E-state index contributed by atoms with van der Waals surface area (Å²) in [6, 6.07) is 0. The van der Waals surface area contributed by atoms with Crippen LogP contribution in [0, 0.1) is 5.41 Å². The summed E-state index contributed by atoms with van der Waals surface area (Å²) in [6.45, 7) is 6.21. The van der Waals surface area contributed by atoms with E-state index in [1.807, 2.05) is 19.1 Å². The van der Waals surface area contributed by atoms with Gasteiger partial charge in [0.25, 0.3) is 0 Å². The predicted molar refractivity (Wildman–Crippen MR) is 62.3 cm³/mol. The second kappa shape index (κ2) is 3.89. The van der Waals surface area contributed by atoms with Crippen molar-refractivity contribution in [2.75, 3.05) is 0 Å². The lowest BCUT2D eigenvalue weighted by Crippen LogP contribution is -2.26. The van der Waals surface area contributed by atoms with Crippen LogP contribution in [0.25, 0.3) is 6.08 Å². The first kappa shape index (κ1) is 11.1. The van der Waals surface area contributed by atoms with E-state index in [-0.39, 0.29) is 11.2 Å². The van der Waals surface area contributed by atoms with Crippen LogP contribution < -0.4 is 0 Å². The molecule has 0 amide bonds. The number of carbonyl (C=O) groups excluding carboxylic acids is 1. The number of Topliss-reactive ketones (excluding diaryl/α,β-unsaturated/α-hetero) is 1. The Kier molecular flexibility index (Phi) is 2.70. The first-order chi connectivity index (χ1) is 7.52. The molecule has 0 aliphatic heterocycles. The van der Waals surface area contributed by atoms with Crippen LogP contribution in [0.2, 0.25) is 0 Å². The Bertz CT molecular complexity index is 441. The third kappa shape index (κ3) is 2.08. The van der Waals surface area contributed by atoms with E-state index in [1.54, 1.807) is 0 Å². The van der Waals surface area contributed by atoms with Crippen LogP contribution in [-0.2, 0) is 6.42 Å². The van der Waals surface area contributed by atoms with E-state index in [2.05, 4.69) is 18.8 Å². The molecule has 1 heterocycles. The van der Waals surface area contributed by atoms with E-state index in [9.17, 15) is 4.79 Å². The van der Waals surface area contributed by atoms with Crippen molar-refractivity contribution < 1.29 is 9.21 Å². The normalized spacial score (nSPS) is 19.1. The first-order valence-electron chi connectivity index (χ1n) is 5.71. The topological polar surface area (TPSA) is 43.1 Å². The van der Waals surface area contributed by atoms with Crippen LogP contribution in [0.5, 0.6) is 0 Å². The third-order valence-electron chi connectivity index (χ3n) is 2.75. The van der Waals surface area contributed by atoms with E-state index >= 15 is 0 Å². The maximum Gasteiger partial charge on any atom is 0.219 e. The van der Waals surface area contributed by atoms with Crippen LogP contribution in [0.15, 0.2) is 10.5 Å². The van der Waals surface area contributed by atoms with Crippen molar-refractivity contribution >= 4 is 11.9 Å². The second-order valence-electron chi connectivity index (χ2n) is 5.08. The van der Waals surface area contributed by atoms with Crippen molar-refractivity contribution in [1.29, 1.82) is 0 Å². The number of aromatic nitrogens is 1. The molecule has 0 bridgehead atoms. The Hall–Kier alpha value is -1.38. The molecule has 16 heavy (non-hydrogen) atoms. The van der Waals surface area contributed by atoms with Gasteiger partial charge in [-0.05, 0) is 17.9 Å². The maximum atomic E-state index is 11.8. The Morgan fingerprint density at radius 1 is 1.44 bits per heavy atom. The molecule has 86 valence electrons. The highest BCUT2D eigenvalue weighted by molar-refractivity contribution is 5.96. The minimum Gasteiger partial charge on any atom is -0.441 e. The highest BCUT2D eigenvalue weighted by Crippen LogP contribution is 2.34. The molecule has 1 aromatic rings. The number of ketones is 1. The van der Waals surface area contributed by atoms with Gasteiger partial charge < -0.3 is 4.42 Å². The molecule has 3 heteroatoms. The number of allylic oxidation sites excluding steroid dienone is 1. The summed E-state index contributed by atoms with van der Waals surface area (Å²) in [6.07, 6.45) is 6.10. The molecule has 2 rings (SSSR count). The summed E-state index contributed by atoms with van der Waals surface area (Å²) >= 11 is 0. The SMILES string of the molecule is CC/C=C\c1nc2c(o1)CC(C)(C)CC2=O. The highest BCUT2D eigenvalue weighted by atomic mass is 16.4. The number of nitrogens with zero attached hydrogens (tertiary/aromatic N) is 1. The number of hydrogen-bond acceptors (Lipinski definition) is 3. The molecule has 0 radical (unpaired) electrons. The molecule has 0 aromatic carbocycles. The number of hydrogen-bond donors (Lipinski definition) is 0. The van der Waals surface area contributed by atoms with Crippen molar-refractivity contribution in [2.24, 2.45) is 5.41 Å². The minimum atomic E-state index is -0.00461. The van der Waals surface area contributed by atoms with Gasteiger partial charge in [-0.1, -0.05) is 26.8 Å². The summed E-state index contributed by atoms with van der Waals surface area (Å²) in [5, 5.41) is 0. The monoisotopic (exact) mass is 219 g/mol. The molecule has 0 spiro atoms. The predicted octanol–water partition coefficient (Wildman–Crippen LogP) is 3.25. The van der Waals surface area contributed by atoms with E-state index in [1.165, 1.54) is 0 Å². The van der Waals surface area contributed by atoms with Gasteiger partial charge in [0, 0.05) is 12.8 Å². The molecule has 1 aromatic heterocycles. The van der Waals surface area contributed by atoms with Crippen molar-refractivity contribution in [1.82, 2.24) is 4.98 Å². The van der Waals surface area contributed by atoms with Gasteiger partial charge >= 0.3 is 0 Å². The average molecular weight is 219 g/mol. The standard InChI is InChI=1S/C13H17NO2/c1-4-5-6-11-14-12-9(15)7-13(2,3)8-10(12)16-11/h5-6H,4,7-8H2,1-3H3/b6-5-. The third-order valence-corrected chi connectivity index (χ3v) is 2.75. The molecule has 1 aliphatic carbocycles. The molecule has 0 fully saturated rings. The number of carbonyl (C=O) groups is 1. The lowest BCUT2D eigenvalue weighted by Gasteiger charge is -2.25. The van der Waals surface area contributed by atoms with Gasteiger partial charge in [-0.25, -0.2) is 4.98 Å². The van der Waals surface area contributed by atoms with Crippen molar-refractivity contribution in [3.63, 3.8) is 0 Å². The molecular weight excluding hydrogens is 202 g/mol. The summed E-state index contributed by atoms with van der Waals surface area (Å²) in [5.74, 6) is 1.40. The number of fused-ring (bicyclic) bond motifs is 1. The zero-order valence-corrected chi connectivity index (χ0v) is 10.0. The molecular formula is C13H17NO2. The maximum absolute atomic E-state index is 11.8. The molecule has 0 saturated heterocycles. The van der Waals surface area contributed by atoms with Crippen LogP contribution >= 0.6 is 0 Å². The molecule has 3 nitrogen and oxygen atoms in total. The van der Waals surface area contributed by atoms with E-state index < -0.39 is 0 Å². The molecule has 0 unspecified atom stereocenters. The summed E-state index contributed by atoms with van der Waals surface area (Å²) in [4.78, 5) is 16.1. The van der Waals surface area contributed by atoms with E-state index in [4.69, 9.17) is 4.42 Å². The van der Waals surface area contributed by atoms with Gasteiger partial charge in [-0.3, -0.25) is 4.79 Å². The van der Waals surface area contributed by atoms with Gasteiger partial charge in [0.15, 0.2) is 5.78 Å². The van der Waals surface area contributed by atoms with Crippen molar-refractivity contribution in [3.8, 4) is 0 Å². The molecule has 0 saturated carbocycles. The second-order valence-corrected chi connectivity index (χ2v) is 5.08. The van der Waals surface area contributed by atoms with Crippen molar-refractivity contribution in [2.45, 2.75) is 40.0 Å². The van der Waals surface area contributed by atoms with Gasteiger partial charge in [0.05, 0.1) is 0 Å². The summed E-state index contributed by atoms with van der Waals surface area (Å²) in [7, 11) is 0. The zero-order chi connectivity index (χ0) is 11.8. The van der Waals surface area contributed by atoms with Gasteiger partial charge in [-0.15, -0.1) is 0 Å². The van der Waals surface area contributed by atoms with Gasteiger partial charge in [0.1, 0.15) is 11.5 Å². The first-order valence-corrected chi connectivity index (χ1v) is 5.71. The summed E-state index contributed by atoms with van der Waals surface area (Å²) in [5.41, 5.74) is 0.533. The van der Waals surface area contributed by atoms with Crippen LogP contribution in [0.1, 0.15) is 55.8 Å². The van der Waals surface area contributed by atoms with E-state index in [0.717, 1.165) is 18.6 Å². The fraction of sp³-hybridized carbons (Fsp3) is 0.538. The number of oxazole rings is 1. The fourth-order valence-corrected chi connectivity index (χ4v) is 2.01. The fourth-order valence-electron chi connectivity index (χ4n) is 2.01. The van der Waals surface area contributed by atoms with E-state index in [0.29, 0.717) is 18.0 Å². The Labute approximate surface area is 95.6 Å². The minimum absolute atomic E-state index is 0.00461. The van der Waals surface area contributed by atoms with Crippen LogP contribution in [-0.4, -0.2) is 10.8 Å². The van der Waals surface area contributed by atoms with Crippen LogP contribution in [0.3, 0.4) is 0 Å². The average Bonchev–Trinajstić information content (AvgIpc) is 2.56. The Morgan fingerprint density at radius 2 is 2.19 bits per heavy atom. The lowest BCUT2D eigenvalue weighted by molar-refractivity contribution is 0.0899. The zero-order valence-electron chi connectivity index (χ0n) is 10.0. The number of rotatable bonds is 2.